The fourth-order valence-electron chi connectivity index (χ4n) is 2.31. The predicted octanol–water partition coefficient (Wildman–Crippen LogP) is 3.32. The Morgan fingerprint density at radius 2 is 1.92 bits per heavy atom. The predicted molar refractivity (Wildman–Crippen MR) is 94.3 cm³/mol. The number of rotatable bonds is 5. The zero-order valence-corrected chi connectivity index (χ0v) is 14.6. The van der Waals surface area contributed by atoms with Crippen molar-refractivity contribution >= 4 is 29.3 Å². The van der Waals surface area contributed by atoms with Gasteiger partial charge < -0.3 is 19.5 Å². The molecule has 1 atom stereocenters. The van der Waals surface area contributed by atoms with E-state index in [2.05, 4.69) is 5.32 Å². The minimum Gasteiger partial charge on any atom is -0.454 e. The van der Waals surface area contributed by atoms with E-state index in [-0.39, 0.29) is 6.79 Å². The summed E-state index contributed by atoms with van der Waals surface area (Å²) in [6.07, 6.45) is 0.940. The number of anilines is 1. The van der Waals surface area contributed by atoms with Gasteiger partial charge in [0.25, 0.3) is 5.91 Å². The third-order valence-electron chi connectivity index (χ3n) is 3.62. The molecule has 130 valence electrons. The largest absolute Gasteiger partial charge is 0.454 e. The summed E-state index contributed by atoms with van der Waals surface area (Å²) in [5.41, 5.74) is 0.986. The van der Waals surface area contributed by atoms with E-state index in [1.807, 2.05) is 18.4 Å². The first kappa shape index (κ1) is 17.2. The van der Waals surface area contributed by atoms with Gasteiger partial charge in [-0.05, 0) is 37.4 Å². The van der Waals surface area contributed by atoms with Crippen LogP contribution in [0.5, 0.6) is 11.5 Å². The minimum atomic E-state index is -0.937. The molecule has 2 aromatic carbocycles. The van der Waals surface area contributed by atoms with Crippen LogP contribution in [0.4, 0.5) is 5.69 Å². The number of nitrogens with one attached hydrogen (secondary N) is 1. The molecule has 0 saturated heterocycles. The topological polar surface area (TPSA) is 73.9 Å². The molecular weight excluding hydrogens is 342 g/mol. The van der Waals surface area contributed by atoms with Crippen molar-refractivity contribution in [2.45, 2.75) is 17.9 Å². The highest BCUT2D eigenvalue weighted by atomic mass is 32.2. The zero-order chi connectivity index (χ0) is 17.8. The van der Waals surface area contributed by atoms with Crippen molar-refractivity contribution in [1.82, 2.24) is 0 Å². The molecule has 0 saturated carbocycles. The molecule has 2 aromatic rings. The maximum Gasteiger partial charge on any atom is 0.340 e. The third kappa shape index (κ3) is 3.88. The Labute approximate surface area is 149 Å². The Balaban J connectivity index is 1.63. The van der Waals surface area contributed by atoms with Gasteiger partial charge in [0, 0.05) is 16.6 Å². The van der Waals surface area contributed by atoms with Crippen molar-refractivity contribution < 1.29 is 23.8 Å². The Morgan fingerprint density at radius 1 is 1.16 bits per heavy atom. The average Bonchev–Trinajstić information content (AvgIpc) is 3.09. The maximum absolute atomic E-state index is 12.3. The van der Waals surface area contributed by atoms with E-state index in [1.165, 1.54) is 18.7 Å². The highest BCUT2D eigenvalue weighted by Crippen LogP contribution is 2.34. The van der Waals surface area contributed by atoms with Crippen molar-refractivity contribution in [3.63, 3.8) is 0 Å². The van der Waals surface area contributed by atoms with E-state index in [4.69, 9.17) is 14.2 Å². The fourth-order valence-corrected chi connectivity index (χ4v) is 2.89. The van der Waals surface area contributed by atoms with Gasteiger partial charge in [0.05, 0.1) is 5.56 Å². The minimum absolute atomic E-state index is 0.162. The van der Waals surface area contributed by atoms with E-state index in [9.17, 15) is 9.59 Å². The number of benzene rings is 2. The van der Waals surface area contributed by atoms with Crippen LogP contribution in [0.15, 0.2) is 47.4 Å². The van der Waals surface area contributed by atoms with Crippen LogP contribution in [0.2, 0.25) is 0 Å². The van der Waals surface area contributed by atoms with Crippen LogP contribution in [0.1, 0.15) is 17.3 Å². The van der Waals surface area contributed by atoms with Gasteiger partial charge in [-0.15, -0.1) is 11.8 Å². The monoisotopic (exact) mass is 359 g/mol. The first-order valence-corrected chi connectivity index (χ1v) is 8.85. The number of carbonyl (C=O) groups excluding carboxylic acids is 2. The van der Waals surface area contributed by atoms with E-state index < -0.39 is 18.0 Å². The van der Waals surface area contributed by atoms with Crippen molar-refractivity contribution in [1.29, 1.82) is 0 Å². The molecule has 25 heavy (non-hydrogen) atoms. The second kappa shape index (κ2) is 7.48. The summed E-state index contributed by atoms with van der Waals surface area (Å²) >= 11 is 1.45. The van der Waals surface area contributed by atoms with Crippen LogP contribution < -0.4 is 14.8 Å². The lowest BCUT2D eigenvalue weighted by Crippen LogP contribution is -2.30. The van der Waals surface area contributed by atoms with Crippen molar-refractivity contribution in [3.05, 3.63) is 48.0 Å². The normalized spacial score (nSPS) is 13.2. The molecule has 0 radical (unpaired) electrons. The number of amides is 1. The Bertz CT molecular complexity index is 808. The zero-order valence-electron chi connectivity index (χ0n) is 13.8. The lowest BCUT2D eigenvalue weighted by molar-refractivity contribution is -0.123. The molecule has 7 heteroatoms. The number of esters is 1. The molecule has 1 N–H and O–H groups in total. The van der Waals surface area contributed by atoms with E-state index in [0.29, 0.717) is 22.7 Å². The highest BCUT2D eigenvalue weighted by molar-refractivity contribution is 7.98. The lowest BCUT2D eigenvalue weighted by Gasteiger charge is -2.14. The van der Waals surface area contributed by atoms with Crippen molar-refractivity contribution in [2.75, 3.05) is 18.4 Å². The molecular formula is C18H17NO5S. The van der Waals surface area contributed by atoms with Crippen LogP contribution in [-0.2, 0) is 9.53 Å². The van der Waals surface area contributed by atoms with E-state index >= 15 is 0 Å². The van der Waals surface area contributed by atoms with Gasteiger partial charge in [-0.2, -0.15) is 0 Å². The summed E-state index contributed by atoms with van der Waals surface area (Å²) in [5.74, 6) is 0.245. The molecule has 3 rings (SSSR count). The Morgan fingerprint density at radius 3 is 2.72 bits per heavy atom. The molecule has 1 aliphatic heterocycles. The summed E-state index contributed by atoms with van der Waals surface area (Å²) in [6, 6.07) is 12.2. The van der Waals surface area contributed by atoms with Crippen LogP contribution >= 0.6 is 11.8 Å². The summed E-state index contributed by atoms with van der Waals surface area (Å²) < 4.78 is 15.8. The standard InChI is InChI=1S/C18H17NO5S/c1-11(24-18(21)13-5-3-4-6-16(13)25-2)17(20)19-12-7-8-14-15(9-12)23-10-22-14/h3-9,11H,10H2,1-2H3,(H,19,20)/t11-/m0/s1. The molecule has 1 aliphatic rings. The lowest BCUT2D eigenvalue weighted by atomic mass is 10.2. The SMILES string of the molecule is CSc1ccccc1C(=O)O[C@@H](C)C(=O)Nc1ccc2c(c1)OCO2. The molecule has 0 fully saturated rings. The smallest absolute Gasteiger partial charge is 0.340 e. The number of hydrogen-bond acceptors (Lipinski definition) is 6. The summed E-state index contributed by atoms with van der Waals surface area (Å²) in [6.45, 7) is 1.69. The van der Waals surface area contributed by atoms with Crippen LogP contribution in [0.3, 0.4) is 0 Å². The number of hydrogen-bond donors (Lipinski definition) is 1. The Hall–Kier alpha value is -2.67. The van der Waals surface area contributed by atoms with Gasteiger partial charge in [0.15, 0.2) is 17.6 Å². The van der Waals surface area contributed by atoms with Gasteiger partial charge >= 0.3 is 5.97 Å². The van der Waals surface area contributed by atoms with Gasteiger partial charge in [0.1, 0.15) is 0 Å². The maximum atomic E-state index is 12.3. The molecule has 6 nitrogen and oxygen atoms in total. The van der Waals surface area contributed by atoms with Crippen molar-refractivity contribution in [2.24, 2.45) is 0 Å². The molecule has 0 aromatic heterocycles. The number of thioether (sulfide) groups is 1. The molecule has 0 spiro atoms. The second-order valence-corrected chi connectivity index (χ2v) is 6.15. The van der Waals surface area contributed by atoms with Gasteiger partial charge in [-0.25, -0.2) is 4.79 Å². The Kier molecular flexibility index (Phi) is 5.14. The molecule has 0 unspecified atom stereocenters. The highest BCUT2D eigenvalue weighted by Gasteiger charge is 2.21. The quantitative estimate of drug-likeness (QED) is 0.652. The molecule has 1 heterocycles. The molecule has 0 aliphatic carbocycles. The molecule has 1 amide bonds. The van der Waals surface area contributed by atoms with Gasteiger partial charge in [0.2, 0.25) is 6.79 Å². The number of carbonyl (C=O) groups is 2. The van der Waals surface area contributed by atoms with Crippen LogP contribution in [0.25, 0.3) is 0 Å². The summed E-state index contributed by atoms with van der Waals surface area (Å²) in [5, 5.41) is 2.70. The summed E-state index contributed by atoms with van der Waals surface area (Å²) in [4.78, 5) is 25.4. The van der Waals surface area contributed by atoms with Gasteiger partial charge in [-0.3, -0.25) is 4.79 Å². The third-order valence-corrected chi connectivity index (χ3v) is 4.42. The number of fused-ring (bicyclic) bond motifs is 1. The summed E-state index contributed by atoms with van der Waals surface area (Å²) in [7, 11) is 0. The first-order chi connectivity index (χ1) is 12.1. The van der Waals surface area contributed by atoms with Crippen LogP contribution in [-0.4, -0.2) is 31.0 Å². The molecule has 0 bridgehead atoms. The number of ether oxygens (including phenoxy) is 3. The first-order valence-electron chi connectivity index (χ1n) is 7.63. The van der Waals surface area contributed by atoms with E-state index in [0.717, 1.165) is 4.90 Å². The van der Waals surface area contributed by atoms with E-state index in [1.54, 1.807) is 30.3 Å². The second-order valence-electron chi connectivity index (χ2n) is 5.31. The fraction of sp³-hybridized carbons (Fsp3) is 0.222. The average molecular weight is 359 g/mol. The van der Waals surface area contributed by atoms with Crippen molar-refractivity contribution in [3.8, 4) is 11.5 Å². The van der Waals surface area contributed by atoms with Gasteiger partial charge in [-0.1, -0.05) is 12.1 Å². The van der Waals surface area contributed by atoms with Crippen LogP contribution in [0, 0.1) is 0 Å².